The summed E-state index contributed by atoms with van der Waals surface area (Å²) in [4.78, 5) is 57.8. The van der Waals surface area contributed by atoms with Crippen LogP contribution in [-0.2, 0) is 0 Å². The average molecular weight is 495 g/mol. The number of aromatic carboxylic acids is 1. The van der Waals surface area contributed by atoms with E-state index in [2.05, 4.69) is 29.1 Å². The number of hydrogen-bond acceptors (Lipinski definition) is 5. The van der Waals surface area contributed by atoms with Crippen molar-refractivity contribution in [3.8, 4) is 0 Å². The van der Waals surface area contributed by atoms with E-state index in [1.807, 2.05) is 0 Å². The van der Waals surface area contributed by atoms with Crippen LogP contribution in [0.1, 0.15) is 91.5 Å². The lowest BCUT2D eigenvalue weighted by Crippen LogP contribution is -2.26. The molecule has 2 bridgehead atoms. The first-order chi connectivity index (χ1) is 17.3. The van der Waals surface area contributed by atoms with Crippen molar-refractivity contribution in [3.63, 3.8) is 0 Å². The highest BCUT2D eigenvalue weighted by Gasteiger charge is 2.26. The average Bonchev–Trinajstić information content (AvgIpc) is 3.06. The van der Waals surface area contributed by atoms with Crippen LogP contribution in [-0.4, -0.2) is 40.9 Å². The minimum atomic E-state index is -1.31. The number of rotatable bonds is 13. The van der Waals surface area contributed by atoms with Crippen molar-refractivity contribution in [1.82, 2.24) is 10.3 Å². The van der Waals surface area contributed by atoms with Crippen molar-refractivity contribution in [1.29, 1.82) is 0 Å². The number of aromatic amines is 1. The van der Waals surface area contributed by atoms with Crippen LogP contribution in [0.2, 0.25) is 0 Å². The zero-order valence-electron chi connectivity index (χ0n) is 20.9. The van der Waals surface area contributed by atoms with Crippen LogP contribution < -0.4 is 22.2 Å². The van der Waals surface area contributed by atoms with E-state index in [9.17, 15) is 24.3 Å². The van der Waals surface area contributed by atoms with Gasteiger partial charge in [0.15, 0.2) is 0 Å². The number of amidine groups is 1. The minimum absolute atomic E-state index is 0.0130. The first kappa shape index (κ1) is 26.8. The Morgan fingerprint density at radius 1 is 0.917 bits per heavy atom. The molecule has 2 aromatic carbocycles. The van der Waals surface area contributed by atoms with E-state index in [1.54, 1.807) is 0 Å². The Bertz CT molecular complexity index is 1390. The third-order valence-electron chi connectivity index (χ3n) is 6.34. The summed E-state index contributed by atoms with van der Waals surface area (Å²) in [6.45, 7) is 4.99. The number of nitrogens with zero attached hydrogens (tertiary/aromatic N) is 1. The number of nitrogens with two attached hydrogens (primary N) is 1. The van der Waals surface area contributed by atoms with Gasteiger partial charge in [-0.15, -0.1) is 0 Å². The summed E-state index contributed by atoms with van der Waals surface area (Å²) in [5, 5.41) is 13.4. The number of carbonyl (C=O) groups excluding carboxylic acids is 1. The zero-order valence-corrected chi connectivity index (χ0v) is 20.9. The molecule has 9 heteroatoms. The van der Waals surface area contributed by atoms with Gasteiger partial charge in [0, 0.05) is 45.8 Å². The fraction of sp³-hybridized carbons (Fsp3) is 0.444. The number of benzene rings is 2. The smallest absolute Gasteiger partial charge is 0.336 e. The lowest BCUT2D eigenvalue weighted by molar-refractivity contribution is 0.0697. The molecule has 0 aliphatic heterocycles. The Morgan fingerprint density at radius 2 is 1.53 bits per heavy atom. The Kier molecular flexibility index (Phi) is 9.16. The fourth-order valence-electron chi connectivity index (χ4n) is 4.46. The van der Waals surface area contributed by atoms with Gasteiger partial charge in [-0.05, 0) is 31.0 Å². The van der Waals surface area contributed by atoms with E-state index >= 15 is 0 Å². The number of amides is 1. The summed E-state index contributed by atoms with van der Waals surface area (Å²) >= 11 is 0. The maximum Gasteiger partial charge on any atom is 0.336 e. The molecular weight excluding hydrogens is 460 g/mol. The van der Waals surface area contributed by atoms with E-state index in [4.69, 9.17) is 5.73 Å². The normalized spacial score (nSPS) is 11.9. The largest absolute Gasteiger partial charge is 0.478 e. The molecule has 0 aliphatic rings. The molecule has 2 aromatic heterocycles. The topological polar surface area (TPSA) is 155 Å². The molecule has 0 aliphatic carbocycles. The maximum absolute atomic E-state index is 13.2. The van der Waals surface area contributed by atoms with Crippen LogP contribution in [0.5, 0.6) is 0 Å². The van der Waals surface area contributed by atoms with Gasteiger partial charge in [-0.2, -0.15) is 0 Å². The maximum atomic E-state index is 13.2. The summed E-state index contributed by atoms with van der Waals surface area (Å²) in [6, 6.07) is 4.16. The van der Waals surface area contributed by atoms with Crippen molar-refractivity contribution in [3.05, 3.63) is 55.6 Å². The summed E-state index contributed by atoms with van der Waals surface area (Å²) < 4.78 is 0. The van der Waals surface area contributed by atoms with Gasteiger partial charge in [-0.3, -0.25) is 24.4 Å². The number of unbranched alkanes of at least 4 members (excludes halogenated alkanes) is 6. The molecule has 0 spiro atoms. The van der Waals surface area contributed by atoms with Crippen molar-refractivity contribution in [2.45, 2.75) is 65.2 Å². The van der Waals surface area contributed by atoms with Gasteiger partial charge < -0.3 is 16.2 Å². The van der Waals surface area contributed by atoms with Crippen LogP contribution in [0.15, 0.2) is 32.8 Å². The molecule has 4 aromatic rings. The SMILES string of the molecule is CCCCCCN=C(N)c1c(C(=O)O)cc(C(=O)NCCCCCC)c2c3ccc(c(=O)[nH]c3=O)c12. The molecule has 36 heavy (non-hydrogen) atoms. The third kappa shape index (κ3) is 5.72. The highest BCUT2D eigenvalue weighted by atomic mass is 16.4. The highest BCUT2D eigenvalue weighted by molar-refractivity contribution is 6.27. The first-order valence-corrected chi connectivity index (χ1v) is 12.6. The molecule has 0 saturated carbocycles. The van der Waals surface area contributed by atoms with Gasteiger partial charge in [0.25, 0.3) is 17.0 Å². The molecule has 0 unspecified atom stereocenters. The number of hydrogen-bond donors (Lipinski definition) is 4. The summed E-state index contributed by atoms with van der Waals surface area (Å²) in [5.41, 5.74) is 4.79. The number of carbonyl (C=O) groups is 2. The van der Waals surface area contributed by atoms with Gasteiger partial charge >= 0.3 is 5.97 Å². The Labute approximate surface area is 209 Å². The number of fused-ring (bicyclic) bond motifs is 3. The number of carboxylic acids is 1. The van der Waals surface area contributed by atoms with Gasteiger partial charge in [-0.1, -0.05) is 52.4 Å². The fourth-order valence-corrected chi connectivity index (χ4v) is 4.46. The number of aliphatic imine (C=N–C) groups is 1. The summed E-state index contributed by atoms with van der Waals surface area (Å²) in [6.07, 6.45) is 7.68. The molecular formula is C27H34N4O5. The van der Waals surface area contributed by atoms with E-state index in [-0.39, 0.29) is 44.1 Å². The standard InChI is InChI=1S/C27H34N4O5/c1-3-5-7-9-13-29-23(28)22-19(27(35)36)15-18(24(32)30-14-10-8-6-4-2)20-16-11-12-17(21(20)22)26(34)31-25(16)33/h11-12,15H,3-10,13-14H2,1-2H3,(H2,28,29)(H,30,32)(H,35,36)(H,31,33,34). The summed E-state index contributed by atoms with van der Waals surface area (Å²) in [7, 11) is 0. The molecule has 2 heterocycles. The molecule has 0 radical (unpaired) electrons. The van der Waals surface area contributed by atoms with Crippen LogP contribution in [0.4, 0.5) is 0 Å². The molecule has 5 N–H and O–H groups in total. The van der Waals surface area contributed by atoms with Crippen LogP contribution in [0.25, 0.3) is 21.5 Å². The molecule has 0 atom stereocenters. The van der Waals surface area contributed by atoms with Crippen LogP contribution in [0.3, 0.4) is 0 Å². The number of nitrogens with one attached hydrogen (secondary N) is 2. The molecule has 9 nitrogen and oxygen atoms in total. The molecule has 192 valence electrons. The number of aromatic nitrogens is 1. The second-order valence-corrected chi connectivity index (χ2v) is 8.99. The quantitative estimate of drug-likeness (QED) is 0.161. The predicted octanol–water partition coefficient (Wildman–Crippen LogP) is 3.77. The minimum Gasteiger partial charge on any atom is -0.478 e. The monoisotopic (exact) mass is 494 g/mol. The van der Waals surface area contributed by atoms with E-state index in [0.29, 0.717) is 13.1 Å². The second-order valence-electron chi connectivity index (χ2n) is 8.99. The molecule has 0 fully saturated rings. The Hall–Kier alpha value is -3.75. The lowest BCUT2D eigenvalue weighted by Gasteiger charge is -2.16. The van der Waals surface area contributed by atoms with E-state index < -0.39 is 23.0 Å². The van der Waals surface area contributed by atoms with Crippen molar-refractivity contribution >= 4 is 39.3 Å². The van der Waals surface area contributed by atoms with E-state index in [1.165, 1.54) is 18.2 Å². The first-order valence-electron chi connectivity index (χ1n) is 12.6. The van der Waals surface area contributed by atoms with Crippen molar-refractivity contribution in [2.75, 3.05) is 13.1 Å². The second kappa shape index (κ2) is 12.3. The van der Waals surface area contributed by atoms with Gasteiger partial charge in [0.2, 0.25) is 0 Å². The number of carboxylic acid groups (broad SMARTS) is 1. The number of H-pyrrole nitrogens is 1. The predicted molar refractivity (Wildman–Crippen MR) is 143 cm³/mol. The third-order valence-corrected chi connectivity index (χ3v) is 6.34. The molecule has 4 rings (SSSR count). The van der Waals surface area contributed by atoms with Gasteiger partial charge in [0.1, 0.15) is 5.84 Å². The van der Waals surface area contributed by atoms with E-state index in [0.717, 1.165) is 51.4 Å². The van der Waals surface area contributed by atoms with Crippen LogP contribution in [0, 0.1) is 0 Å². The summed E-state index contributed by atoms with van der Waals surface area (Å²) in [5.74, 6) is -1.86. The van der Waals surface area contributed by atoms with Crippen molar-refractivity contribution < 1.29 is 14.7 Å². The van der Waals surface area contributed by atoms with Crippen molar-refractivity contribution in [2.24, 2.45) is 10.7 Å². The van der Waals surface area contributed by atoms with Gasteiger partial charge in [0.05, 0.1) is 5.56 Å². The Balaban J connectivity index is 2.24. The van der Waals surface area contributed by atoms with Crippen LogP contribution >= 0.6 is 0 Å². The molecule has 1 amide bonds. The highest BCUT2D eigenvalue weighted by Crippen LogP contribution is 2.32. The Morgan fingerprint density at radius 3 is 2.14 bits per heavy atom. The van der Waals surface area contributed by atoms with Gasteiger partial charge in [-0.25, -0.2) is 4.79 Å². The lowest BCUT2D eigenvalue weighted by atomic mass is 9.90. The zero-order chi connectivity index (χ0) is 26.2. The molecule has 0 saturated heterocycles.